The number of hydrogen-bond acceptors (Lipinski definition) is 4. The highest BCUT2D eigenvalue weighted by atomic mass is 16.6. The summed E-state index contributed by atoms with van der Waals surface area (Å²) in [6.07, 6.45) is 5.49. The van der Waals surface area contributed by atoms with Crippen molar-refractivity contribution < 1.29 is 10.0 Å². The van der Waals surface area contributed by atoms with Gasteiger partial charge < -0.3 is 10.8 Å². The molecule has 0 aromatic heterocycles. The van der Waals surface area contributed by atoms with E-state index in [1.54, 1.807) is 0 Å². The lowest BCUT2D eigenvalue weighted by molar-refractivity contribution is -0.385. The summed E-state index contributed by atoms with van der Waals surface area (Å²) in [5.74, 6) is 0.307. The Hall–Kier alpha value is -1.62. The third-order valence-electron chi connectivity index (χ3n) is 3.72. The van der Waals surface area contributed by atoms with Gasteiger partial charge in [-0.1, -0.05) is 19.3 Å². The van der Waals surface area contributed by atoms with Crippen LogP contribution in [0.25, 0.3) is 0 Å². The molecule has 0 bridgehead atoms. The maximum Gasteiger partial charge on any atom is 0.274 e. The number of nitrogens with two attached hydrogens (primary N) is 1. The van der Waals surface area contributed by atoms with Gasteiger partial charge in [-0.05, 0) is 30.9 Å². The molecule has 0 heterocycles. The quantitative estimate of drug-likeness (QED) is 0.637. The highest BCUT2D eigenvalue weighted by molar-refractivity contribution is 5.46. The minimum Gasteiger partial charge on any atom is -0.508 e. The van der Waals surface area contributed by atoms with E-state index in [0.29, 0.717) is 5.56 Å². The molecular weight excluding hydrogens is 232 g/mol. The zero-order valence-corrected chi connectivity index (χ0v) is 10.2. The number of benzene rings is 1. The van der Waals surface area contributed by atoms with Gasteiger partial charge in [0.05, 0.1) is 10.5 Å². The molecule has 0 amide bonds. The van der Waals surface area contributed by atoms with E-state index < -0.39 is 4.92 Å². The van der Waals surface area contributed by atoms with Gasteiger partial charge in [-0.15, -0.1) is 0 Å². The number of rotatable bonds is 3. The van der Waals surface area contributed by atoms with Crippen molar-refractivity contribution in [1.29, 1.82) is 0 Å². The highest BCUT2D eigenvalue weighted by Gasteiger charge is 2.27. The number of nitro benzene ring substituents is 1. The summed E-state index contributed by atoms with van der Waals surface area (Å²) < 4.78 is 0. The molecule has 5 heteroatoms. The van der Waals surface area contributed by atoms with Crippen molar-refractivity contribution in [3.63, 3.8) is 0 Å². The summed E-state index contributed by atoms with van der Waals surface area (Å²) in [6.45, 7) is 0. The molecule has 1 aliphatic carbocycles. The van der Waals surface area contributed by atoms with Crippen molar-refractivity contribution in [3.8, 4) is 5.75 Å². The molecule has 1 fully saturated rings. The van der Waals surface area contributed by atoms with E-state index in [9.17, 15) is 15.2 Å². The number of hydrogen-bond donors (Lipinski definition) is 2. The lowest BCUT2D eigenvalue weighted by atomic mass is 9.81. The van der Waals surface area contributed by atoms with Gasteiger partial charge in [-0.3, -0.25) is 10.1 Å². The second-order valence-corrected chi connectivity index (χ2v) is 4.92. The van der Waals surface area contributed by atoms with Gasteiger partial charge in [-0.2, -0.15) is 0 Å². The van der Waals surface area contributed by atoms with E-state index in [1.807, 2.05) is 0 Å². The van der Waals surface area contributed by atoms with Gasteiger partial charge in [0.15, 0.2) is 0 Å². The number of phenols is 1. The molecule has 0 spiro atoms. The molecular formula is C13H18N2O3. The van der Waals surface area contributed by atoms with Crippen LogP contribution in [0.2, 0.25) is 0 Å². The number of phenolic OH excluding ortho intramolecular Hbond substituents is 1. The Labute approximate surface area is 106 Å². The SMILES string of the molecule is N[C@H](c1cc(O)ccc1[N+](=O)[O-])C1CCCCC1. The Bertz CT molecular complexity index is 442. The summed E-state index contributed by atoms with van der Waals surface area (Å²) in [5.41, 5.74) is 6.62. The predicted octanol–water partition coefficient (Wildman–Crippen LogP) is 2.88. The molecule has 18 heavy (non-hydrogen) atoms. The zero-order valence-electron chi connectivity index (χ0n) is 10.2. The Balaban J connectivity index is 2.30. The molecule has 2 rings (SSSR count). The first kappa shape index (κ1) is 12.8. The van der Waals surface area contributed by atoms with Crippen LogP contribution in [0.1, 0.15) is 43.7 Å². The summed E-state index contributed by atoms with van der Waals surface area (Å²) in [6, 6.07) is 3.72. The zero-order chi connectivity index (χ0) is 13.1. The van der Waals surface area contributed by atoms with Crippen LogP contribution in [-0.2, 0) is 0 Å². The Kier molecular flexibility index (Phi) is 3.81. The van der Waals surface area contributed by atoms with Crippen molar-refractivity contribution in [2.75, 3.05) is 0 Å². The topological polar surface area (TPSA) is 89.4 Å². The summed E-state index contributed by atoms with van der Waals surface area (Å²) in [5, 5.41) is 20.5. The molecule has 0 aliphatic heterocycles. The van der Waals surface area contributed by atoms with Gasteiger partial charge in [-0.25, -0.2) is 0 Å². The van der Waals surface area contributed by atoms with Crippen molar-refractivity contribution in [2.45, 2.75) is 38.1 Å². The molecule has 1 atom stereocenters. The first-order valence-electron chi connectivity index (χ1n) is 6.32. The van der Waals surface area contributed by atoms with E-state index in [4.69, 9.17) is 5.73 Å². The molecule has 0 unspecified atom stereocenters. The van der Waals surface area contributed by atoms with Crippen LogP contribution in [-0.4, -0.2) is 10.0 Å². The number of nitrogens with zero attached hydrogens (tertiary/aromatic N) is 1. The second kappa shape index (κ2) is 5.35. The molecule has 0 saturated heterocycles. The highest BCUT2D eigenvalue weighted by Crippen LogP contribution is 2.37. The number of aromatic hydroxyl groups is 1. The first-order chi connectivity index (χ1) is 8.59. The van der Waals surface area contributed by atoms with Gasteiger partial charge in [0.2, 0.25) is 0 Å². The first-order valence-corrected chi connectivity index (χ1v) is 6.32. The van der Waals surface area contributed by atoms with Crippen molar-refractivity contribution in [2.24, 2.45) is 11.7 Å². The normalized spacial score (nSPS) is 18.5. The molecule has 1 saturated carbocycles. The van der Waals surface area contributed by atoms with Crippen molar-refractivity contribution in [3.05, 3.63) is 33.9 Å². The monoisotopic (exact) mass is 250 g/mol. The van der Waals surface area contributed by atoms with E-state index in [2.05, 4.69) is 0 Å². The number of nitro groups is 1. The predicted molar refractivity (Wildman–Crippen MR) is 68.3 cm³/mol. The molecule has 3 N–H and O–H groups in total. The Morgan fingerprint density at radius 3 is 2.61 bits per heavy atom. The van der Waals surface area contributed by atoms with E-state index in [0.717, 1.165) is 25.7 Å². The molecule has 1 aliphatic rings. The fraction of sp³-hybridized carbons (Fsp3) is 0.538. The van der Waals surface area contributed by atoms with Gasteiger partial charge in [0, 0.05) is 12.1 Å². The standard InChI is InChI=1S/C13H18N2O3/c14-13(9-4-2-1-3-5-9)11-8-10(16)6-7-12(11)15(17)18/h6-9,13,16H,1-5,14H2/t13-/m0/s1. The van der Waals surface area contributed by atoms with Crippen LogP contribution in [0.15, 0.2) is 18.2 Å². The Morgan fingerprint density at radius 1 is 1.33 bits per heavy atom. The van der Waals surface area contributed by atoms with E-state index in [1.165, 1.54) is 24.6 Å². The average molecular weight is 250 g/mol. The van der Waals surface area contributed by atoms with Crippen LogP contribution in [0.5, 0.6) is 5.75 Å². The third kappa shape index (κ3) is 2.61. The van der Waals surface area contributed by atoms with Crippen molar-refractivity contribution >= 4 is 5.69 Å². The molecule has 1 aromatic rings. The fourth-order valence-corrected chi connectivity index (χ4v) is 2.72. The van der Waals surface area contributed by atoms with Crippen LogP contribution < -0.4 is 5.73 Å². The molecule has 0 radical (unpaired) electrons. The van der Waals surface area contributed by atoms with Crippen LogP contribution in [0, 0.1) is 16.0 Å². The summed E-state index contributed by atoms with van der Waals surface area (Å²) >= 11 is 0. The van der Waals surface area contributed by atoms with Crippen molar-refractivity contribution in [1.82, 2.24) is 0 Å². The summed E-state index contributed by atoms with van der Waals surface area (Å²) in [4.78, 5) is 10.6. The molecule has 1 aromatic carbocycles. The van der Waals surface area contributed by atoms with Crippen LogP contribution in [0.4, 0.5) is 5.69 Å². The lowest BCUT2D eigenvalue weighted by Gasteiger charge is -2.27. The fourth-order valence-electron chi connectivity index (χ4n) is 2.72. The van der Waals surface area contributed by atoms with Gasteiger partial charge >= 0.3 is 0 Å². The van der Waals surface area contributed by atoms with Gasteiger partial charge in [0.1, 0.15) is 5.75 Å². The van der Waals surface area contributed by atoms with Crippen LogP contribution >= 0.6 is 0 Å². The molecule has 98 valence electrons. The minimum absolute atomic E-state index is 0.00544. The maximum atomic E-state index is 11.0. The lowest BCUT2D eigenvalue weighted by Crippen LogP contribution is -2.24. The van der Waals surface area contributed by atoms with E-state index in [-0.39, 0.29) is 23.4 Å². The summed E-state index contributed by atoms with van der Waals surface area (Å²) in [7, 11) is 0. The molecule has 5 nitrogen and oxygen atoms in total. The Morgan fingerprint density at radius 2 is 2.00 bits per heavy atom. The second-order valence-electron chi connectivity index (χ2n) is 4.92. The average Bonchev–Trinajstić information content (AvgIpc) is 2.38. The smallest absolute Gasteiger partial charge is 0.274 e. The third-order valence-corrected chi connectivity index (χ3v) is 3.72. The van der Waals surface area contributed by atoms with Gasteiger partial charge in [0.25, 0.3) is 5.69 Å². The largest absolute Gasteiger partial charge is 0.508 e. The minimum atomic E-state index is -0.433. The maximum absolute atomic E-state index is 11.0. The van der Waals surface area contributed by atoms with Crippen LogP contribution in [0.3, 0.4) is 0 Å². The van der Waals surface area contributed by atoms with E-state index >= 15 is 0 Å².